The molecule has 0 saturated heterocycles. The number of benzene rings is 1. The van der Waals surface area contributed by atoms with Gasteiger partial charge in [0.25, 0.3) is 5.69 Å². The van der Waals surface area contributed by atoms with Gasteiger partial charge in [-0.2, -0.15) is 0 Å². The number of aromatic nitrogens is 1. The molecule has 0 radical (unpaired) electrons. The van der Waals surface area contributed by atoms with Crippen molar-refractivity contribution >= 4 is 17.0 Å². The van der Waals surface area contributed by atoms with Crippen LogP contribution >= 0.6 is 11.3 Å². The fourth-order valence-electron chi connectivity index (χ4n) is 3.13. The van der Waals surface area contributed by atoms with E-state index in [1.807, 2.05) is 11.4 Å². The molecule has 1 unspecified atom stereocenters. The Morgan fingerprint density at radius 3 is 2.96 bits per heavy atom. The van der Waals surface area contributed by atoms with Gasteiger partial charge in [0.1, 0.15) is 5.01 Å². The summed E-state index contributed by atoms with van der Waals surface area (Å²) in [5.41, 5.74) is 1.72. The number of nitrogens with one attached hydrogen (secondary N) is 1. The quantitative estimate of drug-likeness (QED) is 0.592. The molecule has 24 heavy (non-hydrogen) atoms. The average molecular weight is 347 g/mol. The van der Waals surface area contributed by atoms with Crippen LogP contribution in [0.5, 0.6) is 0 Å². The number of hydrogen-bond acceptors (Lipinski definition) is 6. The van der Waals surface area contributed by atoms with Gasteiger partial charge in [0, 0.05) is 36.2 Å². The van der Waals surface area contributed by atoms with Crippen LogP contribution < -0.4 is 5.32 Å². The Morgan fingerprint density at radius 1 is 1.42 bits per heavy atom. The van der Waals surface area contributed by atoms with Crippen molar-refractivity contribution in [1.82, 2.24) is 10.3 Å². The van der Waals surface area contributed by atoms with Crippen molar-refractivity contribution in [2.75, 3.05) is 6.54 Å². The van der Waals surface area contributed by atoms with Crippen LogP contribution in [0.15, 0.2) is 29.6 Å². The maximum absolute atomic E-state index is 10.9. The van der Waals surface area contributed by atoms with Crippen LogP contribution in [0.25, 0.3) is 10.6 Å². The minimum absolute atomic E-state index is 0.0714. The van der Waals surface area contributed by atoms with E-state index in [0.717, 1.165) is 29.1 Å². The van der Waals surface area contributed by atoms with Gasteiger partial charge in [0.05, 0.1) is 16.7 Å². The molecule has 0 spiro atoms. The molecule has 1 aromatic heterocycles. The number of thiazole rings is 1. The van der Waals surface area contributed by atoms with E-state index < -0.39 is 4.92 Å². The molecule has 1 atom stereocenters. The van der Waals surface area contributed by atoms with Crippen molar-refractivity contribution in [3.8, 4) is 10.6 Å². The number of nitro groups is 1. The zero-order chi connectivity index (χ0) is 16.9. The Kier molecular flexibility index (Phi) is 5.55. The predicted octanol–water partition coefficient (Wildman–Crippen LogP) is 3.36. The molecule has 128 valence electrons. The van der Waals surface area contributed by atoms with Crippen molar-refractivity contribution in [3.05, 3.63) is 45.5 Å². The summed E-state index contributed by atoms with van der Waals surface area (Å²) in [4.78, 5) is 15.0. The lowest BCUT2D eigenvalue weighted by Gasteiger charge is -2.17. The van der Waals surface area contributed by atoms with Crippen LogP contribution in [-0.2, 0) is 6.54 Å². The summed E-state index contributed by atoms with van der Waals surface area (Å²) in [5, 5.41) is 27.0. The summed E-state index contributed by atoms with van der Waals surface area (Å²) in [5.74, 6) is 0.424. The molecular formula is C17H21N3O3S. The third kappa shape index (κ3) is 4.17. The van der Waals surface area contributed by atoms with Crippen LogP contribution in [0.4, 0.5) is 5.69 Å². The lowest BCUT2D eigenvalue weighted by molar-refractivity contribution is -0.384. The van der Waals surface area contributed by atoms with E-state index in [9.17, 15) is 15.2 Å². The molecule has 0 bridgehead atoms. The smallest absolute Gasteiger partial charge is 0.270 e. The summed E-state index contributed by atoms with van der Waals surface area (Å²) in [6, 6.07) is 6.52. The first-order chi connectivity index (χ1) is 11.6. The molecule has 1 saturated carbocycles. The highest BCUT2D eigenvalue weighted by molar-refractivity contribution is 7.13. The van der Waals surface area contributed by atoms with Gasteiger partial charge in [-0.3, -0.25) is 10.1 Å². The van der Waals surface area contributed by atoms with E-state index in [0.29, 0.717) is 19.0 Å². The van der Waals surface area contributed by atoms with Crippen molar-refractivity contribution in [2.24, 2.45) is 5.92 Å². The third-order valence-corrected chi connectivity index (χ3v) is 5.40. The van der Waals surface area contributed by atoms with Gasteiger partial charge in [-0.25, -0.2) is 4.98 Å². The van der Waals surface area contributed by atoms with Gasteiger partial charge in [-0.15, -0.1) is 11.3 Å². The fraction of sp³-hybridized carbons (Fsp3) is 0.471. The predicted molar refractivity (Wildman–Crippen MR) is 93.9 cm³/mol. The zero-order valence-electron chi connectivity index (χ0n) is 13.4. The Bertz CT molecular complexity index is 698. The second-order valence-corrected chi connectivity index (χ2v) is 7.05. The van der Waals surface area contributed by atoms with Gasteiger partial charge in [-0.05, 0) is 18.8 Å². The topological polar surface area (TPSA) is 88.3 Å². The summed E-state index contributed by atoms with van der Waals surface area (Å²) < 4.78 is 0. The Morgan fingerprint density at radius 2 is 2.21 bits per heavy atom. The van der Waals surface area contributed by atoms with Crippen molar-refractivity contribution in [2.45, 2.75) is 38.3 Å². The lowest BCUT2D eigenvalue weighted by atomic mass is 10.0. The van der Waals surface area contributed by atoms with Crippen LogP contribution in [0.2, 0.25) is 0 Å². The van der Waals surface area contributed by atoms with E-state index in [2.05, 4.69) is 10.3 Å². The van der Waals surface area contributed by atoms with Crippen molar-refractivity contribution in [3.63, 3.8) is 0 Å². The van der Waals surface area contributed by atoms with E-state index >= 15 is 0 Å². The monoisotopic (exact) mass is 347 g/mol. The molecule has 0 aliphatic heterocycles. The molecule has 1 fully saturated rings. The third-order valence-electron chi connectivity index (χ3n) is 4.46. The minimum atomic E-state index is -0.399. The molecule has 1 aromatic carbocycles. The number of aliphatic hydroxyl groups excluding tert-OH is 1. The highest BCUT2D eigenvalue weighted by Gasteiger charge is 2.22. The van der Waals surface area contributed by atoms with Gasteiger partial charge >= 0.3 is 0 Å². The van der Waals surface area contributed by atoms with Gasteiger partial charge in [0.15, 0.2) is 0 Å². The maximum Gasteiger partial charge on any atom is 0.270 e. The summed E-state index contributed by atoms with van der Waals surface area (Å²) >= 11 is 1.47. The Hall–Kier alpha value is -1.83. The van der Waals surface area contributed by atoms with Gasteiger partial charge < -0.3 is 10.4 Å². The standard InChI is InChI=1S/C17H21N3O3S/c21-16(12-4-1-2-5-12)10-18-9-14-11-24-17(19-14)13-6-3-7-15(8-13)20(22)23/h3,6-8,11-12,16,18,21H,1-2,4-5,9-10H2. The summed E-state index contributed by atoms with van der Waals surface area (Å²) in [7, 11) is 0. The van der Waals surface area contributed by atoms with E-state index in [1.54, 1.807) is 12.1 Å². The average Bonchev–Trinajstić information content (AvgIpc) is 3.27. The Balaban J connectivity index is 1.55. The van der Waals surface area contributed by atoms with Crippen LogP contribution in [0.3, 0.4) is 0 Å². The second-order valence-electron chi connectivity index (χ2n) is 6.19. The highest BCUT2D eigenvalue weighted by Crippen LogP contribution is 2.28. The minimum Gasteiger partial charge on any atom is -0.392 e. The molecule has 6 nitrogen and oxygen atoms in total. The van der Waals surface area contributed by atoms with Crippen LogP contribution in [0, 0.1) is 16.0 Å². The van der Waals surface area contributed by atoms with E-state index in [4.69, 9.17) is 0 Å². The largest absolute Gasteiger partial charge is 0.392 e. The number of non-ortho nitro benzene ring substituents is 1. The molecule has 0 amide bonds. The fourth-order valence-corrected chi connectivity index (χ4v) is 3.95. The maximum atomic E-state index is 10.9. The van der Waals surface area contributed by atoms with Gasteiger partial charge in [0.2, 0.25) is 0 Å². The van der Waals surface area contributed by atoms with Crippen molar-refractivity contribution < 1.29 is 10.0 Å². The first-order valence-corrected chi connectivity index (χ1v) is 9.09. The van der Waals surface area contributed by atoms with Crippen molar-refractivity contribution in [1.29, 1.82) is 0 Å². The normalized spacial score (nSPS) is 16.4. The molecule has 1 aliphatic carbocycles. The summed E-state index contributed by atoms with van der Waals surface area (Å²) in [6.45, 7) is 1.17. The first-order valence-electron chi connectivity index (χ1n) is 8.21. The molecule has 3 rings (SSSR count). The van der Waals surface area contributed by atoms with Crippen LogP contribution in [-0.4, -0.2) is 27.7 Å². The van der Waals surface area contributed by atoms with E-state index in [1.165, 1.54) is 30.2 Å². The highest BCUT2D eigenvalue weighted by atomic mass is 32.1. The molecular weight excluding hydrogens is 326 g/mol. The molecule has 7 heteroatoms. The molecule has 1 heterocycles. The number of hydrogen-bond donors (Lipinski definition) is 2. The zero-order valence-corrected chi connectivity index (χ0v) is 14.2. The second kappa shape index (κ2) is 7.83. The first kappa shape index (κ1) is 17.0. The molecule has 2 aromatic rings. The molecule has 1 aliphatic rings. The number of nitrogens with zero attached hydrogens (tertiary/aromatic N) is 2. The number of aliphatic hydroxyl groups is 1. The number of rotatable bonds is 7. The lowest BCUT2D eigenvalue weighted by Crippen LogP contribution is -2.31. The van der Waals surface area contributed by atoms with Gasteiger partial charge in [-0.1, -0.05) is 25.0 Å². The molecule has 2 N–H and O–H groups in total. The Labute approximate surface area is 144 Å². The summed E-state index contributed by atoms with van der Waals surface area (Å²) in [6.07, 6.45) is 4.40. The SMILES string of the molecule is O=[N+]([O-])c1cccc(-c2nc(CNCC(O)C3CCCC3)cs2)c1. The van der Waals surface area contributed by atoms with Crippen LogP contribution in [0.1, 0.15) is 31.4 Å². The number of nitro benzene ring substituents is 1. The van der Waals surface area contributed by atoms with E-state index in [-0.39, 0.29) is 11.8 Å².